The summed E-state index contributed by atoms with van der Waals surface area (Å²) in [7, 11) is 0. The summed E-state index contributed by atoms with van der Waals surface area (Å²) in [6.45, 7) is 6.15. The van der Waals surface area contributed by atoms with Crippen molar-refractivity contribution in [3.8, 4) is 0 Å². The van der Waals surface area contributed by atoms with Crippen molar-refractivity contribution in [1.29, 1.82) is 0 Å². The predicted molar refractivity (Wildman–Crippen MR) is 108 cm³/mol. The highest BCUT2D eigenvalue weighted by Gasteiger charge is 2.06. The fraction of sp³-hybridized carbons (Fsp3) is 0.300. The SMILES string of the molecule is Cc1ccc(CSCC(=O)NNC(=O)CNc2ccc(C)cc2C)cc1. The fourth-order valence-electron chi connectivity index (χ4n) is 2.35. The van der Waals surface area contributed by atoms with Crippen LogP contribution in [0.15, 0.2) is 42.5 Å². The van der Waals surface area contributed by atoms with E-state index in [2.05, 4.69) is 40.4 Å². The molecule has 0 bridgehead atoms. The standard InChI is InChI=1S/C20H25N3O2S/c1-14-4-7-17(8-5-14)12-26-13-20(25)23-22-19(24)11-21-18-9-6-15(2)10-16(18)3/h4-10,21H,11-13H2,1-3H3,(H,22,24)(H,23,25). The Morgan fingerprint density at radius 3 is 2.23 bits per heavy atom. The van der Waals surface area contributed by atoms with Gasteiger partial charge in [-0.05, 0) is 38.0 Å². The highest BCUT2D eigenvalue weighted by Crippen LogP contribution is 2.15. The number of thioether (sulfide) groups is 1. The largest absolute Gasteiger partial charge is 0.376 e. The number of rotatable bonds is 7. The van der Waals surface area contributed by atoms with Crippen molar-refractivity contribution in [3.63, 3.8) is 0 Å². The van der Waals surface area contributed by atoms with Crippen LogP contribution in [0, 0.1) is 20.8 Å². The molecule has 138 valence electrons. The molecule has 5 nitrogen and oxygen atoms in total. The molecule has 0 aliphatic heterocycles. The van der Waals surface area contributed by atoms with Crippen molar-refractivity contribution in [1.82, 2.24) is 10.9 Å². The van der Waals surface area contributed by atoms with E-state index < -0.39 is 0 Å². The van der Waals surface area contributed by atoms with Crippen LogP contribution in [-0.2, 0) is 15.3 Å². The molecule has 0 saturated heterocycles. The Balaban J connectivity index is 1.63. The van der Waals surface area contributed by atoms with E-state index in [9.17, 15) is 9.59 Å². The molecule has 0 aliphatic rings. The highest BCUT2D eigenvalue weighted by molar-refractivity contribution is 7.99. The average Bonchev–Trinajstić information content (AvgIpc) is 2.61. The molecule has 0 radical (unpaired) electrons. The summed E-state index contributed by atoms with van der Waals surface area (Å²) in [5.41, 5.74) is 10.4. The zero-order valence-corrected chi connectivity index (χ0v) is 16.2. The fourth-order valence-corrected chi connectivity index (χ4v) is 3.14. The monoisotopic (exact) mass is 371 g/mol. The number of hydrogen-bond donors (Lipinski definition) is 3. The molecular weight excluding hydrogens is 346 g/mol. The second-order valence-corrected chi connectivity index (χ2v) is 7.23. The van der Waals surface area contributed by atoms with E-state index in [1.165, 1.54) is 28.5 Å². The number of aryl methyl sites for hydroxylation is 3. The Labute approximate surface area is 158 Å². The van der Waals surface area contributed by atoms with Gasteiger partial charge in [0.1, 0.15) is 0 Å². The molecule has 26 heavy (non-hydrogen) atoms. The minimum atomic E-state index is -0.290. The van der Waals surface area contributed by atoms with E-state index in [0.29, 0.717) is 5.75 Å². The van der Waals surface area contributed by atoms with Gasteiger partial charge in [-0.3, -0.25) is 20.4 Å². The van der Waals surface area contributed by atoms with E-state index in [0.717, 1.165) is 17.0 Å². The van der Waals surface area contributed by atoms with Gasteiger partial charge in [-0.1, -0.05) is 47.5 Å². The Kier molecular flexibility index (Phi) is 7.53. The number of nitrogens with one attached hydrogen (secondary N) is 3. The van der Waals surface area contributed by atoms with Crippen LogP contribution in [0.4, 0.5) is 5.69 Å². The number of anilines is 1. The van der Waals surface area contributed by atoms with Crippen LogP contribution in [0.5, 0.6) is 0 Å². The Morgan fingerprint density at radius 2 is 1.54 bits per heavy atom. The quantitative estimate of drug-likeness (QED) is 0.654. The summed E-state index contributed by atoms with van der Waals surface area (Å²) >= 11 is 1.51. The maximum atomic E-state index is 11.8. The van der Waals surface area contributed by atoms with Crippen LogP contribution in [0.3, 0.4) is 0 Å². The van der Waals surface area contributed by atoms with Gasteiger partial charge in [0.2, 0.25) is 5.91 Å². The van der Waals surface area contributed by atoms with E-state index in [1.54, 1.807) is 0 Å². The van der Waals surface area contributed by atoms with E-state index >= 15 is 0 Å². The third-order valence-corrected chi connectivity index (χ3v) is 4.79. The number of hydrogen-bond acceptors (Lipinski definition) is 4. The lowest BCUT2D eigenvalue weighted by atomic mass is 10.1. The first-order valence-electron chi connectivity index (χ1n) is 8.46. The molecule has 2 aromatic rings. The Morgan fingerprint density at radius 1 is 0.885 bits per heavy atom. The first-order valence-corrected chi connectivity index (χ1v) is 9.61. The van der Waals surface area contributed by atoms with Crippen LogP contribution >= 0.6 is 11.8 Å². The van der Waals surface area contributed by atoms with Gasteiger partial charge in [-0.2, -0.15) is 0 Å². The first kappa shape index (κ1) is 19.8. The molecule has 2 amide bonds. The lowest BCUT2D eigenvalue weighted by Gasteiger charge is -2.11. The van der Waals surface area contributed by atoms with Gasteiger partial charge in [0.05, 0.1) is 12.3 Å². The maximum Gasteiger partial charge on any atom is 0.257 e. The van der Waals surface area contributed by atoms with E-state index in [-0.39, 0.29) is 18.4 Å². The summed E-state index contributed by atoms with van der Waals surface area (Å²) in [4.78, 5) is 23.6. The highest BCUT2D eigenvalue weighted by atomic mass is 32.2. The zero-order valence-electron chi connectivity index (χ0n) is 15.4. The van der Waals surface area contributed by atoms with Gasteiger partial charge in [0, 0.05) is 11.4 Å². The molecule has 6 heteroatoms. The lowest BCUT2D eigenvalue weighted by molar-refractivity contribution is -0.126. The summed E-state index contributed by atoms with van der Waals surface area (Å²) in [5.74, 6) is 0.540. The molecule has 0 unspecified atom stereocenters. The second-order valence-electron chi connectivity index (χ2n) is 6.25. The third kappa shape index (κ3) is 6.80. The molecular formula is C20H25N3O2S. The minimum absolute atomic E-state index is 0.0979. The van der Waals surface area contributed by atoms with Crippen molar-refractivity contribution in [2.75, 3.05) is 17.6 Å². The topological polar surface area (TPSA) is 70.2 Å². The lowest BCUT2D eigenvalue weighted by Crippen LogP contribution is -2.44. The zero-order chi connectivity index (χ0) is 18.9. The summed E-state index contributed by atoms with van der Waals surface area (Å²) < 4.78 is 0. The molecule has 0 fully saturated rings. The Hall–Kier alpha value is -2.47. The van der Waals surface area contributed by atoms with Crippen molar-refractivity contribution in [2.24, 2.45) is 0 Å². The number of carbonyl (C=O) groups excluding carboxylic acids is 2. The summed E-state index contributed by atoms with van der Waals surface area (Å²) in [6, 6.07) is 14.2. The number of hydrazine groups is 1. The third-order valence-electron chi connectivity index (χ3n) is 3.79. The molecule has 0 heterocycles. The van der Waals surface area contributed by atoms with Gasteiger partial charge >= 0.3 is 0 Å². The van der Waals surface area contributed by atoms with Crippen LogP contribution in [0.1, 0.15) is 22.3 Å². The second kappa shape index (κ2) is 9.87. The van der Waals surface area contributed by atoms with Gasteiger partial charge in [0.15, 0.2) is 0 Å². The molecule has 2 rings (SSSR count). The van der Waals surface area contributed by atoms with Gasteiger partial charge in [-0.15, -0.1) is 11.8 Å². The van der Waals surface area contributed by atoms with E-state index in [1.807, 2.05) is 39.0 Å². The van der Waals surface area contributed by atoms with Crippen LogP contribution in [0.2, 0.25) is 0 Å². The average molecular weight is 372 g/mol. The summed E-state index contributed by atoms with van der Waals surface area (Å²) in [6.07, 6.45) is 0. The van der Waals surface area contributed by atoms with E-state index in [4.69, 9.17) is 0 Å². The molecule has 0 saturated carbocycles. The van der Waals surface area contributed by atoms with Crippen LogP contribution < -0.4 is 16.2 Å². The molecule has 0 spiro atoms. The Bertz CT molecular complexity index is 760. The first-order chi connectivity index (χ1) is 12.4. The molecule has 0 atom stereocenters. The van der Waals surface area contributed by atoms with Crippen molar-refractivity contribution < 1.29 is 9.59 Å². The van der Waals surface area contributed by atoms with Crippen molar-refractivity contribution >= 4 is 29.3 Å². The van der Waals surface area contributed by atoms with Crippen LogP contribution in [0.25, 0.3) is 0 Å². The smallest absolute Gasteiger partial charge is 0.257 e. The molecule has 0 aromatic heterocycles. The van der Waals surface area contributed by atoms with Gasteiger partial charge in [-0.25, -0.2) is 0 Å². The summed E-state index contributed by atoms with van der Waals surface area (Å²) in [5, 5.41) is 3.06. The van der Waals surface area contributed by atoms with Crippen molar-refractivity contribution in [2.45, 2.75) is 26.5 Å². The maximum absolute atomic E-state index is 11.8. The van der Waals surface area contributed by atoms with Gasteiger partial charge < -0.3 is 5.32 Å². The normalized spacial score (nSPS) is 10.3. The van der Waals surface area contributed by atoms with Gasteiger partial charge in [0.25, 0.3) is 5.91 Å². The number of carbonyl (C=O) groups is 2. The number of benzene rings is 2. The minimum Gasteiger partial charge on any atom is -0.376 e. The molecule has 3 N–H and O–H groups in total. The molecule has 0 aliphatic carbocycles. The predicted octanol–water partition coefficient (Wildman–Crippen LogP) is 3.10. The van der Waals surface area contributed by atoms with Crippen LogP contribution in [-0.4, -0.2) is 24.1 Å². The van der Waals surface area contributed by atoms with Crippen molar-refractivity contribution in [3.05, 3.63) is 64.7 Å². The number of amides is 2. The molecule has 2 aromatic carbocycles.